The molecule has 1 saturated heterocycles. The van der Waals surface area contributed by atoms with Crippen LogP contribution in [0.2, 0.25) is 0 Å². The summed E-state index contributed by atoms with van der Waals surface area (Å²) in [7, 11) is 1.56. The number of methoxy groups -OCH3 is 1. The SMILES string of the molecule is COc1ccc(/C=C2/SC(=S)N(CCC(=O)N[C@H](CCC(N)=O)C(=O)O)C2=O)cc1. The molecule has 1 aliphatic rings. The van der Waals surface area contributed by atoms with Crippen molar-refractivity contribution in [2.75, 3.05) is 13.7 Å². The van der Waals surface area contributed by atoms with Crippen molar-refractivity contribution in [1.29, 1.82) is 0 Å². The van der Waals surface area contributed by atoms with Gasteiger partial charge >= 0.3 is 5.97 Å². The monoisotopic (exact) mass is 451 g/mol. The number of amides is 3. The van der Waals surface area contributed by atoms with Crippen LogP contribution in [0.15, 0.2) is 29.2 Å². The van der Waals surface area contributed by atoms with Crippen molar-refractivity contribution in [1.82, 2.24) is 10.2 Å². The van der Waals surface area contributed by atoms with Gasteiger partial charge in [-0.3, -0.25) is 19.3 Å². The molecule has 0 aromatic heterocycles. The molecule has 0 saturated carbocycles. The molecule has 30 heavy (non-hydrogen) atoms. The van der Waals surface area contributed by atoms with Crippen LogP contribution >= 0.6 is 24.0 Å². The van der Waals surface area contributed by atoms with E-state index in [0.717, 1.165) is 17.3 Å². The molecule has 1 heterocycles. The van der Waals surface area contributed by atoms with Crippen LogP contribution in [0.25, 0.3) is 6.08 Å². The van der Waals surface area contributed by atoms with Gasteiger partial charge in [0.05, 0.1) is 12.0 Å². The number of nitrogens with two attached hydrogens (primary N) is 1. The maximum Gasteiger partial charge on any atom is 0.326 e. The zero-order valence-corrected chi connectivity index (χ0v) is 17.8. The lowest BCUT2D eigenvalue weighted by atomic mass is 10.1. The van der Waals surface area contributed by atoms with Crippen LogP contribution in [0.5, 0.6) is 5.75 Å². The second-order valence-corrected chi connectivity index (χ2v) is 8.00. The lowest BCUT2D eigenvalue weighted by molar-refractivity contribution is -0.142. The Bertz CT molecular complexity index is 885. The number of rotatable bonds is 10. The van der Waals surface area contributed by atoms with E-state index in [0.29, 0.717) is 15.0 Å². The standard InChI is InChI=1S/C19H21N3O6S2/c1-28-12-4-2-11(3-5-12)10-14-17(25)22(19(29)30-14)9-8-16(24)21-13(18(26)27)6-7-15(20)23/h2-5,10,13H,6-9H2,1H3,(H2,20,23)(H,21,24)(H,26,27)/b14-10+/t13-/m1/s1. The van der Waals surface area contributed by atoms with Crippen LogP contribution in [0, 0.1) is 0 Å². The topological polar surface area (TPSA) is 139 Å². The largest absolute Gasteiger partial charge is 0.497 e. The van der Waals surface area contributed by atoms with Gasteiger partial charge < -0.3 is 20.9 Å². The maximum absolute atomic E-state index is 12.6. The Balaban J connectivity index is 1.94. The number of hydrogen-bond donors (Lipinski definition) is 3. The summed E-state index contributed by atoms with van der Waals surface area (Å²) < 4.78 is 5.41. The third-order valence-corrected chi connectivity index (χ3v) is 5.54. The summed E-state index contributed by atoms with van der Waals surface area (Å²) >= 11 is 6.36. The fourth-order valence-corrected chi connectivity index (χ4v) is 3.88. The third kappa shape index (κ3) is 6.56. The minimum Gasteiger partial charge on any atom is -0.497 e. The minimum absolute atomic E-state index is 0.0125. The predicted molar refractivity (Wildman–Crippen MR) is 115 cm³/mol. The van der Waals surface area contributed by atoms with E-state index in [9.17, 15) is 19.2 Å². The smallest absolute Gasteiger partial charge is 0.326 e. The molecule has 160 valence electrons. The van der Waals surface area contributed by atoms with Crippen LogP contribution in [-0.4, -0.2) is 57.7 Å². The summed E-state index contributed by atoms with van der Waals surface area (Å²) in [4.78, 5) is 48.5. The molecule has 9 nitrogen and oxygen atoms in total. The molecule has 11 heteroatoms. The Labute approximate surface area is 182 Å². The van der Waals surface area contributed by atoms with Gasteiger partial charge in [0, 0.05) is 19.4 Å². The zero-order valence-electron chi connectivity index (χ0n) is 16.1. The van der Waals surface area contributed by atoms with E-state index < -0.39 is 23.8 Å². The first-order valence-corrected chi connectivity index (χ1v) is 10.1. The number of carboxylic acids is 1. The fraction of sp³-hybridized carbons (Fsp3) is 0.316. The lowest BCUT2D eigenvalue weighted by Gasteiger charge is -2.16. The van der Waals surface area contributed by atoms with Gasteiger partial charge in [0.15, 0.2) is 0 Å². The number of carbonyl (C=O) groups excluding carboxylic acids is 3. The number of nitrogens with one attached hydrogen (secondary N) is 1. The second kappa shape index (κ2) is 10.7. The van der Waals surface area contributed by atoms with Crippen molar-refractivity contribution in [2.24, 2.45) is 5.73 Å². The molecule has 4 N–H and O–H groups in total. The van der Waals surface area contributed by atoms with Crippen molar-refractivity contribution in [3.8, 4) is 5.75 Å². The number of primary amides is 1. The van der Waals surface area contributed by atoms with E-state index >= 15 is 0 Å². The first-order valence-electron chi connectivity index (χ1n) is 8.91. The average Bonchev–Trinajstić information content (AvgIpc) is 2.96. The van der Waals surface area contributed by atoms with Gasteiger partial charge in [0.1, 0.15) is 16.1 Å². The Hall–Kier alpha value is -2.92. The molecule has 1 fully saturated rings. The Morgan fingerprint density at radius 1 is 1.30 bits per heavy atom. The van der Waals surface area contributed by atoms with Crippen molar-refractivity contribution in [3.63, 3.8) is 0 Å². The highest BCUT2D eigenvalue weighted by Gasteiger charge is 2.32. The summed E-state index contributed by atoms with van der Waals surface area (Å²) in [6, 6.07) is 5.92. The molecule has 0 unspecified atom stereocenters. The number of carbonyl (C=O) groups is 4. The minimum atomic E-state index is -1.27. The molecule has 1 aromatic rings. The van der Waals surface area contributed by atoms with E-state index in [-0.39, 0.29) is 31.7 Å². The normalized spacial score (nSPS) is 15.9. The van der Waals surface area contributed by atoms with Crippen molar-refractivity contribution < 1.29 is 29.0 Å². The molecule has 1 atom stereocenters. The molecule has 3 amide bonds. The van der Waals surface area contributed by atoms with E-state index in [1.54, 1.807) is 37.5 Å². The first kappa shape index (κ1) is 23.4. The number of hydrogen-bond acceptors (Lipinski definition) is 7. The highest BCUT2D eigenvalue weighted by Crippen LogP contribution is 2.32. The van der Waals surface area contributed by atoms with Gasteiger partial charge in [-0.15, -0.1) is 0 Å². The van der Waals surface area contributed by atoms with Crippen LogP contribution in [0.4, 0.5) is 0 Å². The summed E-state index contributed by atoms with van der Waals surface area (Å²) in [6.07, 6.45) is 1.29. The van der Waals surface area contributed by atoms with Crippen molar-refractivity contribution in [2.45, 2.75) is 25.3 Å². The van der Waals surface area contributed by atoms with E-state index in [4.69, 9.17) is 27.8 Å². The van der Waals surface area contributed by atoms with Crippen LogP contribution < -0.4 is 15.8 Å². The maximum atomic E-state index is 12.6. The van der Waals surface area contributed by atoms with Crippen molar-refractivity contribution >= 4 is 58.1 Å². The molecule has 0 aliphatic carbocycles. The van der Waals surface area contributed by atoms with Gasteiger partial charge in [0.2, 0.25) is 11.8 Å². The molecule has 0 bridgehead atoms. The molecule has 0 radical (unpaired) electrons. The van der Waals surface area contributed by atoms with Crippen LogP contribution in [0.1, 0.15) is 24.8 Å². The molecule has 1 aromatic carbocycles. The number of thiocarbonyl (C=S) groups is 1. The Morgan fingerprint density at radius 2 is 1.97 bits per heavy atom. The lowest BCUT2D eigenvalue weighted by Crippen LogP contribution is -2.42. The highest BCUT2D eigenvalue weighted by molar-refractivity contribution is 8.26. The van der Waals surface area contributed by atoms with Crippen LogP contribution in [-0.2, 0) is 19.2 Å². The molecule has 0 spiro atoms. The predicted octanol–water partition coefficient (Wildman–Crippen LogP) is 1.12. The molecule has 1 aliphatic heterocycles. The van der Waals surface area contributed by atoms with Gasteiger partial charge in [-0.05, 0) is 30.2 Å². The van der Waals surface area contributed by atoms with Gasteiger partial charge in [0.25, 0.3) is 5.91 Å². The quantitative estimate of drug-likeness (QED) is 0.355. The Kier molecular flexibility index (Phi) is 8.36. The Morgan fingerprint density at radius 3 is 2.53 bits per heavy atom. The second-order valence-electron chi connectivity index (χ2n) is 6.32. The highest BCUT2D eigenvalue weighted by atomic mass is 32.2. The van der Waals surface area contributed by atoms with Crippen molar-refractivity contribution in [3.05, 3.63) is 34.7 Å². The summed E-state index contributed by atoms with van der Waals surface area (Å²) in [5.74, 6) is -2.12. The van der Waals surface area contributed by atoms with E-state index in [1.165, 1.54) is 4.90 Å². The molecule has 2 rings (SSSR count). The van der Waals surface area contributed by atoms with Crippen LogP contribution in [0.3, 0.4) is 0 Å². The molecular weight excluding hydrogens is 430 g/mol. The van der Waals surface area contributed by atoms with Gasteiger partial charge in [-0.1, -0.05) is 36.1 Å². The summed E-state index contributed by atoms with van der Waals surface area (Å²) in [5, 5.41) is 11.5. The molecular formula is C19H21N3O6S2. The fourth-order valence-electron chi connectivity index (χ4n) is 2.57. The number of nitrogens with zero attached hydrogens (tertiary/aromatic N) is 1. The number of carboxylic acid groups (broad SMARTS) is 1. The van der Waals surface area contributed by atoms with Gasteiger partial charge in [-0.2, -0.15) is 0 Å². The van der Waals surface area contributed by atoms with Gasteiger partial charge in [-0.25, -0.2) is 4.79 Å². The number of benzene rings is 1. The summed E-state index contributed by atoms with van der Waals surface area (Å²) in [5.41, 5.74) is 5.81. The van der Waals surface area contributed by atoms with E-state index in [2.05, 4.69) is 5.32 Å². The number of ether oxygens (including phenoxy) is 1. The summed E-state index contributed by atoms with van der Waals surface area (Å²) in [6.45, 7) is 0.0125. The van der Waals surface area contributed by atoms with E-state index in [1.807, 2.05) is 0 Å². The third-order valence-electron chi connectivity index (χ3n) is 4.16. The first-order chi connectivity index (χ1) is 14.2. The average molecular weight is 452 g/mol. The number of thioether (sulfide) groups is 1. The zero-order chi connectivity index (χ0) is 22.3. The number of aliphatic carboxylic acids is 1.